The van der Waals surface area contributed by atoms with Crippen molar-refractivity contribution in [1.29, 1.82) is 0 Å². The molecule has 0 saturated heterocycles. The number of rotatable bonds is 3. The minimum atomic E-state index is -3.18. The number of fused-ring (bicyclic) bond motifs is 1. The summed E-state index contributed by atoms with van der Waals surface area (Å²) in [6.07, 6.45) is 2.07. The summed E-state index contributed by atoms with van der Waals surface area (Å²) in [5.74, 6) is 1.39. The summed E-state index contributed by atoms with van der Waals surface area (Å²) in [7, 11) is -3.18. The average molecular weight is 294 g/mol. The van der Waals surface area contributed by atoms with E-state index in [9.17, 15) is 8.42 Å². The first-order valence-electron chi connectivity index (χ1n) is 6.76. The number of nitrogens with one attached hydrogen (secondary N) is 1. The van der Waals surface area contributed by atoms with Crippen LogP contribution in [0.2, 0.25) is 0 Å². The molecule has 2 rings (SSSR count). The topological polar surface area (TPSA) is 62.8 Å². The third kappa shape index (κ3) is 3.20. The summed E-state index contributed by atoms with van der Waals surface area (Å²) in [6.45, 7) is 8.83. The van der Waals surface area contributed by atoms with Gasteiger partial charge < -0.3 is 4.98 Å². The number of benzene rings is 1. The van der Waals surface area contributed by atoms with Gasteiger partial charge >= 0.3 is 0 Å². The molecule has 0 amide bonds. The smallest absolute Gasteiger partial charge is 0.175 e. The van der Waals surface area contributed by atoms with E-state index in [-0.39, 0.29) is 5.41 Å². The highest BCUT2D eigenvalue weighted by atomic mass is 32.2. The van der Waals surface area contributed by atoms with E-state index in [4.69, 9.17) is 0 Å². The molecule has 110 valence electrons. The van der Waals surface area contributed by atoms with Gasteiger partial charge in [0.1, 0.15) is 5.82 Å². The summed E-state index contributed by atoms with van der Waals surface area (Å²) < 4.78 is 23.1. The number of aromatic nitrogens is 2. The molecule has 0 aliphatic rings. The second kappa shape index (κ2) is 4.88. The van der Waals surface area contributed by atoms with Gasteiger partial charge in [-0.25, -0.2) is 13.4 Å². The molecule has 1 aromatic heterocycles. The van der Waals surface area contributed by atoms with Gasteiger partial charge in [-0.15, -0.1) is 0 Å². The lowest BCUT2D eigenvalue weighted by Crippen LogP contribution is -2.19. The highest BCUT2D eigenvalue weighted by Crippen LogP contribution is 2.28. The Balaban J connectivity index is 2.35. The monoisotopic (exact) mass is 294 g/mol. The van der Waals surface area contributed by atoms with Gasteiger partial charge in [0.05, 0.1) is 15.9 Å². The number of nitrogens with zero attached hydrogens (tertiary/aromatic N) is 1. The minimum absolute atomic E-state index is 0.219. The molecule has 20 heavy (non-hydrogen) atoms. The van der Waals surface area contributed by atoms with Crippen molar-refractivity contribution in [3.05, 3.63) is 24.0 Å². The molecule has 0 aliphatic heterocycles. The Morgan fingerprint density at radius 3 is 2.50 bits per heavy atom. The summed E-state index contributed by atoms with van der Waals surface area (Å²) in [5, 5.41) is 0. The van der Waals surface area contributed by atoms with Crippen molar-refractivity contribution in [1.82, 2.24) is 9.97 Å². The van der Waals surface area contributed by atoms with Crippen LogP contribution in [0.25, 0.3) is 11.0 Å². The molecule has 0 radical (unpaired) electrons. The zero-order valence-electron chi connectivity index (χ0n) is 12.7. The van der Waals surface area contributed by atoms with Gasteiger partial charge in [-0.2, -0.15) is 0 Å². The van der Waals surface area contributed by atoms with Crippen LogP contribution >= 0.6 is 0 Å². The zero-order valence-corrected chi connectivity index (χ0v) is 13.5. The van der Waals surface area contributed by atoms with E-state index >= 15 is 0 Å². The Kier molecular flexibility index (Phi) is 3.67. The molecule has 4 nitrogen and oxygen atoms in total. The number of H-pyrrole nitrogens is 1. The van der Waals surface area contributed by atoms with Crippen molar-refractivity contribution in [2.75, 3.05) is 6.26 Å². The van der Waals surface area contributed by atoms with E-state index in [0.717, 1.165) is 23.3 Å². The van der Waals surface area contributed by atoms with E-state index in [2.05, 4.69) is 37.7 Å². The molecule has 1 N–H and O–H groups in total. The lowest BCUT2D eigenvalue weighted by molar-refractivity contribution is 0.257. The second-order valence-electron chi connectivity index (χ2n) is 6.61. The Morgan fingerprint density at radius 2 is 1.95 bits per heavy atom. The molecule has 1 aromatic carbocycles. The Morgan fingerprint density at radius 1 is 1.30 bits per heavy atom. The van der Waals surface area contributed by atoms with Crippen LogP contribution in [0.3, 0.4) is 0 Å². The fourth-order valence-corrected chi connectivity index (χ4v) is 2.61. The van der Waals surface area contributed by atoms with Crippen LogP contribution in [0.4, 0.5) is 0 Å². The second-order valence-corrected chi connectivity index (χ2v) is 8.62. The third-order valence-corrected chi connectivity index (χ3v) is 5.02. The first kappa shape index (κ1) is 15.0. The minimum Gasteiger partial charge on any atom is -0.342 e. The van der Waals surface area contributed by atoms with Crippen molar-refractivity contribution < 1.29 is 8.42 Å². The van der Waals surface area contributed by atoms with Crippen LogP contribution in [0.1, 0.15) is 33.5 Å². The third-order valence-electron chi connectivity index (χ3n) is 3.91. The number of imidazole rings is 1. The molecule has 0 bridgehead atoms. The molecule has 2 aromatic rings. The van der Waals surface area contributed by atoms with Crippen LogP contribution in [0, 0.1) is 11.3 Å². The molecule has 1 unspecified atom stereocenters. The summed E-state index contributed by atoms with van der Waals surface area (Å²) >= 11 is 0. The van der Waals surface area contributed by atoms with Gasteiger partial charge in [-0.05, 0) is 29.5 Å². The maximum Gasteiger partial charge on any atom is 0.175 e. The summed E-state index contributed by atoms with van der Waals surface area (Å²) in [6, 6.07) is 5.02. The summed E-state index contributed by atoms with van der Waals surface area (Å²) in [4.78, 5) is 8.10. The highest BCUT2D eigenvalue weighted by Gasteiger charge is 2.21. The van der Waals surface area contributed by atoms with E-state index < -0.39 is 9.84 Å². The Bertz CT molecular complexity index is 724. The van der Waals surface area contributed by atoms with Crippen molar-refractivity contribution in [2.45, 2.75) is 39.0 Å². The van der Waals surface area contributed by atoms with Crippen LogP contribution < -0.4 is 0 Å². The van der Waals surface area contributed by atoms with E-state index in [1.54, 1.807) is 18.2 Å². The maximum atomic E-state index is 11.6. The van der Waals surface area contributed by atoms with E-state index in [1.165, 1.54) is 6.26 Å². The molecule has 5 heteroatoms. The molecule has 1 atom stereocenters. The number of aromatic amines is 1. The van der Waals surface area contributed by atoms with Crippen molar-refractivity contribution in [3.63, 3.8) is 0 Å². The van der Waals surface area contributed by atoms with Crippen LogP contribution in [-0.2, 0) is 16.3 Å². The van der Waals surface area contributed by atoms with E-state index in [0.29, 0.717) is 10.8 Å². The zero-order chi connectivity index (χ0) is 15.1. The predicted molar refractivity (Wildman–Crippen MR) is 81.5 cm³/mol. The number of hydrogen-bond donors (Lipinski definition) is 1. The maximum absolute atomic E-state index is 11.6. The molecular weight excluding hydrogens is 272 g/mol. The number of sulfone groups is 1. The van der Waals surface area contributed by atoms with Crippen molar-refractivity contribution in [2.24, 2.45) is 11.3 Å². The van der Waals surface area contributed by atoms with Crippen LogP contribution in [-0.4, -0.2) is 24.6 Å². The fraction of sp³-hybridized carbons (Fsp3) is 0.533. The fourth-order valence-electron chi connectivity index (χ4n) is 1.97. The highest BCUT2D eigenvalue weighted by molar-refractivity contribution is 7.90. The van der Waals surface area contributed by atoms with E-state index in [1.807, 2.05) is 0 Å². The predicted octanol–water partition coefficient (Wildman–Crippen LogP) is 3.19. The first-order valence-corrected chi connectivity index (χ1v) is 8.65. The van der Waals surface area contributed by atoms with Gasteiger partial charge in [0.25, 0.3) is 0 Å². The van der Waals surface area contributed by atoms with Crippen molar-refractivity contribution >= 4 is 20.9 Å². The van der Waals surface area contributed by atoms with Crippen molar-refractivity contribution in [3.8, 4) is 0 Å². The largest absolute Gasteiger partial charge is 0.342 e. The molecule has 1 heterocycles. The quantitative estimate of drug-likeness (QED) is 0.945. The molecule has 0 spiro atoms. The van der Waals surface area contributed by atoms with Gasteiger partial charge in [-0.3, -0.25) is 0 Å². The molecule has 0 saturated carbocycles. The first-order chi connectivity index (χ1) is 9.07. The molecule has 0 aliphatic carbocycles. The Labute approximate surface area is 120 Å². The van der Waals surface area contributed by atoms with Gasteiger partial charge in [-0.1, -0.05) is 27.7 Å². The van der Waals surface area contributed by atoms with Gasteiger partial charge in [0, 0.05) is 12.7 Å². The normalized spacial score (nSPS) is 14.7. The standard InChI is InChI=1S/C15H22N2O2S/c1-10(15(2,3)4)8-14-16-12-7-6-11(20(5,18)19)9-13(12)17-14/h6-7,9-10H,8H2,1-5H3,(H,16,17). The van der Waals surface area contributed by atoms with Crippen LogP contribution in [0.5, 0.6) is 0 Å². The van der Waals surface area contributed by atoms with Crippen LogP contribution in [0.15, 0.2) is 23.1 Å². The summed E-state index contributed by atoms with van der Waals surface area (Å²) in [5.41, 5.74) is 1.81. The van der Waals surface area contributed by atoms with Gasteiger partial charge in [0.2, 0.25) is 0 Å². The lowest BCUT2D eigenvalue weighted by Gasteiger charge is -2.26. The average Bonchev–Trinajstić information content (AvgIpc) is 2.67. The SMILES string of the molecule is CC(Cc1nc2ccc(S(C)(=O)=O)cc2[nH]1)C(C)(C)C. The Hall–Kier alpha value is -1.36. The van der Waals surface area contributed by atoms with Gasteiger partial charge in [0.15, 0.2) is 9.84 Å². The molecule has 0 fully saturated rings. The number of hydrogen-bond acceptors (Lipinski definition) is 3. The lowest BCUT2D eigenvalue weighted by atomic mass is 9.80. The molecular formula is C15H22N2O2S.